The van der Waals surface area contributed by atoms with Crippen LogP contribution in [0.3, 0.4) is 0 Å². The van der Waals surface area contributed by atoms with Gasteiger partial charge in [0, 0.05) is 28.0 Å². The molecule has 136 valence electrons. The van der Waals surface area contributed by atoms with Gasteiger partial charge in [-0.1, -0.05) is 41.7 Å². The second kappa shape index (κ2) is 6.86. The van der Waals surface area contributed by atoms with Crippen LogP contribution in [0, 0.1) is 18.6 Å². The first-order chi connectivity index (χ1) is 12.9. The van der Waals surface area contributed by atoms with Gasteiger partial charge in [-0.3, -0.25) is 9.20 Å². The van der Waals surface area contributed by atoms with Gasteiger partial charge < -0.3 is 5.32 Å². The Balaban J connectivity index is 1.67. The van der Waals surface area contributed by atoms with Crippen LogP contribution in [0.15, 0.2) is 53.1 Å². The van der Waals surface area contributed by atoms with E-state index in [2.05, 4.69) is 26.2 Å². The Hall–Kier alpha value is -2.58. The summed E-state index contributed by atoms with van der Waals surface area (Å²) in [4.78, 5) is 18.3. The number of aromatic nitrogens is 2. The summed E-state index contributed by atoms with van der Waals surface area (Å²) in [5.41, 5.74) is 2.39. The predicted molar refractivity (Wildman–Crippen MR) is 105 cm³/mol. The number of carbonyl (C=O) groups is 1. The molecule has 0 saturated heterocycles. The van der Waals surface area contributed by atoms with Crippen molar-refractivity contribution in [2.45, 2.75) is 6.92 Å². The maximum Gasteiger partial charge on any atom is 0.267 e. The normalized spacial score (nSPS) is 11.1. The molecule has 0 fully saturated rings. The first-order valence-electron chi connectivity index (χ1n) is 7.94. The van der Waals surface area contributed by atoms with Gasteiger partial charge in [0.25, 0.3) is 5.91 Å². The number of imidazole rings is 1. The van der Waals surface area contributed by atoms with Crippen molar-refractivity contribution in [3.63, 3.8) is 0 Å². The number of rotatable bonds is 3. The molecule has 0 aliphatic heterocycles. The van der Waals surface area contributed by atoms with Gasteiger partial charge >= 0.3 is 0 Å². The molecular weight excluding hydrogens is 436 g/mol. The van der Waals surface area contributed by atoms with Crippen LogP contribution in [-0.4, -0.2) is 15.3 Å². The number of amides is 1. The Bertz CT molecular complexity index is 1150. The molecule has 0 radical (unpaired) electrons. The minimum absolute atomic E-state index is 0.100. The number of anilines is 1. The molecule has 4 aromatic rings. The maximum absolute atomic E-state index is 14.0. The highest BCUT2D eigenvalue weighted by Crippen LogP contribution is 2.30. The van der Waals surface area contributed by atoms with E-state index in [0.717, 1.165) is 23.4 Å². The molecular formula is C19H12BrF2N3OS. The number of benzene rings is 2. The van der Waals surface area contributed by atoms with E-state index >= 15 is 0 Å². The van der Waals surface area contributed by atoms with Crippen LogP contribution in [-0.2, 0) is 0 Å². The van der Waals surface area contributed by atoms with Crippen LogP contribution < -0.4 is 5.32 Å². The zero-order chi connectivity index (χ0) is 19.1. The monoisotopic (exact) mass is 447 g/mol. The second-order valence-electron chi connectivity index (χ2n) is 5.86. The van der Waals surface area contributed by atoms with E-state index < -0.39 is 17.5 Å². The lowest BCUT2D eigenvalue weighted by molar-refractivity contribution is 0.102. The zero-order valence-electron chi connectivity index (χ0n) is 14.0. The molecule has 2 aromatic carbocycles. The summed E-state index contributed by atoms with van der Waals surface area (Å²) < 4.78 is 29.2. The van der Waals surface area contributed by atoms with Crippen molar-refractivity contribution in [3.8, 4) is 11.3 Å². The van der Waals surface area contributed by atoms with Crippen molar-refractivity contribution >= 4 is 43.8 Å². The molecule has 0 saturated carbocycles. The fourth-order valence-electron chi connectivity index (χ4n) is 2.74. The van der Waals surface area contributed by atoms with Gasteiger partial charge in [0.1, 0.15) is 10.7 Å². The quantitative estimate of drug-likeness (QED) is 0.440. The number of hydrogen-bond donors (Lipinski definition) is 1. The molecule has 0 bridgehead atoms. The summed E-state index contributed by atoms with van der Waals surface area (Å²) in [6, 6.07) is 11.5. The van der Waals surface area contributed by atoms with Crippen LogP contribution in [0.2, 0.25) is 0 Å². The Morgan fingerprint density at radius 2 is 1.96 bits per heavy atom. The van der Waals surface area contributed by atoms with E-state index in [1.807, 2.05) is 40.9 Å². The summed E-state index contributed by atoms with van der Waals surface area (Å²) in [7, 11) is 0. The molecule has 0 aliphatic rings. The lowest BCUT2D eigenvalue weighted by atomic mass is 10.2. The Labute approximate surface area is 165 Å². The van der Waals surface area contributed by atoms with Gasteiger partial charge in [-0.15, -0.1) is 0 Å². The number of halogens is 3. The number of thiazole rings is 1. The van der Waals surface area contributed by atoms with E-state index in [1.165, 1.54) is 11.3 Å². The van der Waals surface area contributed by atoms with Crippen molar-refractivity contribution in [3.05, 3.63) is 75.3 Å². The van der Waals surface area contributed by atoms with Crippen LogP contribution in [0.25, 0.3) is 16.2 Å². The first kappa shape index (κ1) is 17.8. The highest BCUT2D eigenvalue weighted by molar-refractivity contribution is 9.10. The van der Waals surface area contributed by atoms with E-state index in [-0.39, 0.29) is 10.2 Å². The van der Waals surface area contributed by atoms with Crippen molar-refractivity contribution in [1.29, 1.82) is 0 Å². The highest BCUT2D eigenvalue weighted by atomic mass is 79.9. The van der Waals surface area contributed by atoms with Crippen LogP contribution in [0.4, 0.5) is 14.5 Å². The third-order valence-electron chi connectivity index (χ3n) is 4.08. The molecule has 0 spiro atoms. The van der Waals surface area contributed by atoms with E-state index in [4.69, 9.17) is 0 Å². The summed E-state index contributed by atoms with van der Waals surface area (Å²) in [5, 5.41) is 2.50. The number of carbonyl (C=O) groups excluding carboxylic acids is 1. The molecule has 0 unspecified atom stereocenters. The average Bonchev–Trinajstić information content (AvgIpc) is 3.18. The Morgan fingerprint density at radius 3 is 2.63 bits per heavy atom. The number of fused-ring (bicyclic) bond motifs is 1. The smallest absolute Gasteiger partial charge is 0.267 e. The number of nitrogens with zero attached hydrogens (tertiary/aromatic N) is 2. The topological polar surface area (TPSA) is 46.4 Å². The predicted octanol–water partition coefficient (Wildman–Crippen LogP) is 5.66. The number of hydrogen-bond acceptors (Lipinski definition) is 3. The lowest BCUT2D eigenvalue weighted by Crippen LogP contribution is -2.13. The Morgan fingerprint density at radius 1 is 1.22 bits per heavy atom. The van der Waals surface area contributed by atoms with Crippen molar-refractivity contribution in [2.75, 3.05) is 5.32 Å². The largest absolute Gasteiger partial charge is 0.318 e. The lowest BCUT2D eigenvalue weighted by Gasteiger charge is -2.08. The van der Waals surface area contributed by atoms with Gasteiger partial charge in [0.2, 0.25) is 0 Å². The number of aryl methyl sites for hydroxylation is 1. The molecule has 2 aromatic heterocycles. The van der Waals surface area contributed by atoms with Crippen molar-refractivity contribution < 1.29 is 13.6 Å². The van der Waals surface area contributed by atoms with Crippen molar-refractivity contribution in [2.24, 2.45) is 0 Å². The van der Waals surface area contributed by atoms with Gasteiger partial charge in [-0.2, -0.15) is 0 Å². The highest BCUT2D eigenvalue weighted by Gasteiger charge is 2.20. The van der Waals surface area contributed by atoms with Gasteiger partial charge in [0.15, 0.2) is 10.8 Å². The third kappa shape index (κ3) is 3.26. The van der Waals surface area contributed by atoms with Crippen LogP contribution in [0.1, 0.15) is 15.4 Å². The summed E-state index contributed by atoms with van der Waals surface area (Å²) in [6.07, 6.45) is 1.86. The van der Waals surface area contributed by atoms with E-state index in [0.29, 0.717) is 15.5 Å². The summed E-state index contributed by atoms with van der Waals surface area (Å²) in [6.45, 7) is 1.80. The summed E-state index contributed by atoms with van der Waals surface area (Å²) >= 11 is 4.28. The fourth-order valence-corrected chi connectivity index (χ4v) is 4.25. The SMILES string of the molecule is Cc1c(C(=O)Nc2c(F)cc(F)cc2Br)sc2nc(-c3ccccc3)cn12. The molecule has 8 heteroatoms. The molecule has 1 N–H and O–H groups in total. The molecule has 2 heterocycles. The Kier molecular flexibility index (Phi) is 4.53. The average molecular weight is 448 g/mol. The first-order valence-corrected chi connectivity index (χ1v) is 9.55. The molecule has 4 rings (SSSR count). The second-order valence-corrected chi connectivity index (χ2v) is 7.69. The standard InChI is InChI=1S/C19H12BrF2N3OS/c1-10-17(18(26)24-16-13(20)7-12(21)8-14(16)22)27-19-23-15(9-25(10)19)11-5-3-2-4-6-11/h2-9H,1H3,(H,24,26). The van der Waals surface area contributed by atoms with Gasteiger partial charge in [-0.05, 0) is 28.9 Å². The molecule has 0 aliphatic carbocycles. The zero-order valence-corrected chi connectivity index (χ0v) is 16.4. The molecule has 0 atom stereocenters. The van der Waals surface area contributed by atoms with Crippen LogP contribution >= 0.6 is 27.3 Å². The number of nitrogens with one attached hydrogen (secondary N) is 1. The van der Waals surface area contributed by atoms with Crippen molar-refractivity contribution in [1.82, 2.24) is 9.38 Å². The fraction of sp³-hybridized carbons (Fsp3) is 0.0526. The maximum atomic E-state index is 14.0. The molecule has 27 heavy (non-hydrogen) atoms. The van der Waals surface area contributed by atoms with Gasteiger partial charge in [-0.25, -0.2) is 13.8 Å². The molecule has 4 nitrogen and oxygen atoms in total. The van der Waals surface area contributed by atoms with E-state index in [1.54, 1.807) is 6.92 Å². The van der Waals surface area contributed by atoms with Gasteiger partial charge in [0.05, 0.1) is 11.4 Å². The van der Waals surface area contributed by atoms with E-state index in [9.17, 15) is 13.6 Å². The summed E-state index contributed by atoms with van der Waals surface area (Å²) in [5.74, 6) is -2.05. The minimum Gasteiger partial charge on any atom is -0.318 e. The molecule has 1 amide bonds. The third-order valence-corrected chi connectivity index (χ3v) is 5.86. The van der Waals surface area contributed by atoms with Crippen LogP contribution in [0.5, 0.6) is 0 Å². The minimum atomic E-state index is -0.847.